The zero-order valence-electron chi connectivity index (χ0n) is 12.4. The maximum atomic E-state index is 12.4. The molecule has 0 aliphatic heterocycles. The molecule has 0 radical (unpaired) electrons. The number of aromatic nitrogens is 1. The van der Waals surface area contributed by atoms with E-state index in [0.29, 0.717) is 5.69 Å². The van der Waals surface area contributed by atoms with Crippen molar-refractivity contribution < 1.29 is 8.42 Å². The molecule has 4 N–H and O–H groups in total. The Morgan fingerprint density at radius 1 is 1.33 bits per heavy atom. The summed E-state index contributed by atoms with van der Waals surface area (Å²) in [5.41, 5.74) is 2.76. The van der Waals surface area contributed by atoms with Crippen LogP contribution in [0.5, 0.6) is 0 Å². The Labute approximate surface area is 126 Å². The van der Waals surface area contributed by atoms with Gasteiger partial charge in [-0.25, -0.2) is 13.1 Å². The van der Waals surface area contributed by atoms with Gasteiger partial charge in [0, 0.05) is 18.4 Å². The fourth-order valence-corrected chi connectivity index (χ4v) is 4.39. The van der Waals surface area contributed by atoms with E-state index in [1.165, 1.54) is 25.2 Å². The van der Waals surface area contributed by atoms with Crippen molar-refractivity contribution >= 4 is 15.7 Å². The normalized spacial score (nSPS) is 23.0. The summed E-state index contributed by atoms with van der Waals surface area (Å²) in [6, 6.07) is 1.56. The number of hydrogen-bond acceptors (Lipinski definition) is 5. The molecule has 0 aromatic carbocycles. The molecule has 118 valence electrons. The summed E-state index contributed by atoms with van der Waals surface area (Å²) in [5, 5.41) is 0. The Bertz CT molecular complexity index is 554. The van der Waals surface area contributed by atoms with Crippen LogP contribution in [0.4, 0.5) is 5.69 Å². The Morgan fingerprint density at radius 3 is 2.67 bits per heavy atom. The lowest BCUT2D eigenvalue weighted by molar-refractivity contribution is 0.297. The summed E-state index contributed by atoms with van der Waals surface area (Å²) in [6.45, 7) is 2.19. The molecule has 0 unspecified atom stereocenters. The van der Waals surface area contributed by atoms with Gasteiger partial charge in [0.15, 0.2) is 0 Å². The van der Waals surface area contributed by atoms with E-state index >= 15 is 0 Å². The minimum absolute atomic E-state index is 0.00827. The van der Waals surface area contributed by atoms with Gasteiger partial charge in [0.2, 0.25) is 10.0 Å². The van der Waals surface area contributed by atoms with Gasteiger partial charge < -0.3 is 5.43 Å². The van der Waals surface area contributed by atoms with Crippen molar-refractivity contribution in [2.24, 2.45) is 11.8 Å². The monoisotopic (exact) mass is 312 g/mol. The maximum Gasteiger partial charge on any atom is 0.244 e. The zero-order chi connectivity index (χ0) is 15.3. The van der Waals surface area contributed by atoms with Crippen LogP contribution in [-0.2, 0) is 10.0 Å². The summed E-state index contributed by atoms with van der Waals surface area (Å²) in [7, 11) is -3.59. The van der Waals surface area contributed by atoms with Crippen LogP contribution in [0.1, 0.15) is 45.4 Å². The average molecular weight is 312 g/mol. The molecule has 0 saturated heterocycles. The van der Waals surface area contributed by atoms with Gasteiger partial charge >= 0.3 is 0 Å². The van der Waals surface area contributed by atoms with Gasteiger partial charge in [-0.1, -0.05) is 19.8 Å². The number of hydrogen-bond donors (Lipinski definition) is 3. The van der Waals surface area contributed by atoms with Crippen LogP contribution in [-0.4, -0.2) is 19.4 Å². The van der Waals surface area contributed by atoms with E-state index in [1.54, 1.807) is 6.07 Å². The molecule has 7 heteroatoms. The Kier molecular flexibility index (Phi) is 5.55. The summed E-state index contributed by atoms with van der Waals surface area (Å²) in [5.74, 6) is 6.11. The zero-order valence-corrected chi connectivity index (χ0v) is 13.2. The van der Waals surface area contributed by atoms with Crippen LogP contribution in [0.15, 0.2) is 23.4 Å². The Balaban J connectivity index is 2.02. The van der Waals surface area contributed by atoms with Crippen LogP contribution in [0.2, 0.25) is 0 Å². The lowest BCUT2D eigenvalue weighted by atomic mass is 9.84. The second-order valence-corrected chi connectivity index (χ2v) is 7.33. The molecule has 0 atom stereocenters. The molecule has 1 heterocycles. The van der Waals surface area contributed by atoms with Crippen molar-refractivity contribution in [1.29, 1.82) is 0 Å². The molecular formula is C14H24N4O2S. The number of nitrogens with zero attached hydrogens (tertiary/aromatic N) is 1. The quantitative estimate of drug-likeness (QED) is 0.551. The standard InChI is InChI=1S/C14H24N4O2S/c1-2-3-11-4-6-12(7-5-11)18-21(19,20)14-10-16-9-8-13(14)17-15/h8-12,18H,2-7,15H2,1H3,(H,16,17). The van der Waals surface area contributed by atoms with Crippen molar-refractivity contribution in [3.05, 3.63) is 18.5 Å². The number of nitrogens with one attached hydrogen (secondary N) is 2. The van der Waals surface area contributed by atoms with Crippen LogP contribution >= 0.6 is 0 Å². The van der Waals surface area contributed by atoms with E-state index in [2.05, 4.69) is 22.1 Å². The van der Waals surface area contributed by atoms with E-state index < -0.39 is 10.0 Å². The van der Waals surface area contributed by atoms with Crippen molar-refractivity contribution in [2.45, 2.75) is 56.4 Å². The molecule has 1 aliphatic rings. The fourth-order valence-electron chi connectivity index (χ4n) is 2.97. The largest absolute Gasteiger partial charge is 0.323 e. The van der Waals surface area contributed by atoms with E-state index in [4.69, 9.17) is 5.84 Å². The van der Waals surface area contributed by atoms with Crippen molar-refractivity contribution in [2.75, 3.05) is 5.43 Å². The molecule has 0 amide bonds. The Morgan fingerprint density at radius 2 is 2.05 bits per heavy atom. The fraction of sp³-hybridized carbons (Fsp3) is 0.643. The first-order chi connectivity index (χ1) is 10.1. The number of rotatable bonds is 6. The van der Waals surface area contributed by atoms with Gasteiger partial charge in [0.1, 0.15) is 4.90 Å². The molecule has 1 fully saturated rings. The number of nitrogens with two attached hydrogens (primary N) is 1. The third-order valence-electron chi connectivity index (χ3n) is 4.10. The number of pyridine rings is 1. The topological polar surface area (TPSA) is 97.1 Å². The molecule has 1 aliphatic carbocycles. The molecule has 6 nitrogen and oxygen atoms in total. The highest BCUT2D eigenvalue weighted by Gasteiger charge is 2.26. The van der Waals surface area contributed by atoms with Crippen LogP contribution in [0.25, 0.3) is 0 Å². The first-order valence-electron chi connectivity index (χ1n) is 7.49. The van der Waals surface area contributed by atoms with Gasteiger partial charge in [0.25, 0.3) is 0 Å². The molecular weight excluding hydrogens is 288 g/mol. The van der Waals surface area contributed by atoms with Gasteiger partial charge in [-0.15, -0.1) is 0 Å². The molecule has 0 bridgehead atoms. The highest BCUT2D eigenvalue weighted by molar-refractivity contribution is 7.89. The minimum Gasteiger partial charge on any atom is -0.323 e. The van der Waals surface area contributed by atoms with E-state index in [0.717, 1.165) is 31.6 Å². The van der Waals surface area contributed by atoms with Gasteiger partial charge in [-0.05, 0) is 37.7 Å². The van der Waals surface area contributed by atoms with Crippen LogP contribution in [0.3, 0.4) is 0 Å². The molecule has 2 rings (SSSR count). The second-order valence-electron chi connectivity index (χ2n) is 5.64. The van der Waals surface area contributed by atoms with Gasteiger partial charge in [-0.3, -0.25) is 10.8 Å². The summed E-state index contributed by atoms with van der Waals surface area (Å²) < 4.78 is 27.7. The third-order valence-corrected chi connectivity index (χ3v) is 5.64. The number of nitrogen functional groups attached to an aromatic ring is 1. The Hall–Kier alpha value is -1.18. The lowest BCUT2D eigenvalue weighted by Gasteiger charge is -2.28. The number of sulfonamides is 1. The van der Waals surface area contributed by atoms with Crippen molar-refractivity contribution in [1.82, 2.24) is 9.71 Å². The van der Waals surface area contributed by atoms with Gasteiger partial charge in [-0.2, -0.15) is 0 Å². The molecule has 1 aromatic rings. The smallest absolute Gasteiger partial charge is 0.244 e. The van der Waals surface area contributed by atoms with E-state index in [1.807, 2.05) is 0 Å². The first-order valence-corrected chi connectivity index (χ1v) is 8.98. The second kappa shape index (κ2) is 7.20. The lowest BCUT2D eigenvalue weighted by Crippen LogP contribution is -2.38. The van der Waals surface area contributed by atoms with E-state index in [-0.39, 0.29) is 10.9 Å². The molecule has 1 saturated carbocycles. The predicted octanol–water partition coefficient (Wildman–Crippen LogP) is 2.00. The van der Waals surface area contributed by atoms with Gasteiger partial charge in [0.05, 0.1) is 5.69 Å². The number of hydrazine groups is 1. The maximum absolute atomic E-state index is 12.4. The number of anilines is 1. The van der Waals surface area contributed by atoms with Crippen molar-refractivity contribution in [3.8, 4) is 0 Å². The first kappa shape index (κ1) is 16.2. The highest BCUT2D eigenvalue weighted by Crippen LogP contribution is 2.29. The average Bonchev–Trinajstić information content (AvgIpc) is 2.49. The van der Waals surface area contributed by atoms with Crippen molar-refractivity contribution in [3.63, 3.8) is 0 Å². The van der Waals surface area contributed by atoms with Crippen LogP contribution < -0.4 is 16.0 Å². The minimum atomic E-state index is -3.59. The van der Waals surface area contributed by atoms with Crippen LogP contribution in [0, 0.1) is 5.92 Å². The van der Waals surface area contributed by atoms with E-state index in [9.17, 15) is 8.42 Å². The molecule has 1 aromatic heterocycles. The summed E-state index contributed by atoms with van der Waals surface area (Å²) >= 11 is 0. The summed E-state index contributed by atoms with van der Waals surface area (Å²) in [4.78, 5) is 3.97. The molecule has 21 heavy (non-hydrogen) atoms. The highest BCUT2D eigenvalue weighted by atomic mass is 32.2. The predicted molar refractivity (Wildman–Crippen MR) is 83.0 cm³/mol. The molecule has 0 spiro atoms. The third kappa shape index (κ3) is 4.15. The summed E-state index contributed by atoms with van der Waals surface area (Å²) in [6.07, 6.45) is 9.24. The SMILES string of the molecule is CCCC1CCC(NS(=O)(=O)c2cnccc2NN)CC1.